The second kappa shape index (κ2) is 21.3. The van der Waals surface area contributed by atoms with Crippen molar-refractivity contribution in [2.45, 2.75) is 82.1 Å². The number of ketones is 1. The number of carbonyl (C=O) groups excluding carboxylic acids is 7. The third-order valence-electron chi connectivity index (χ3n) is 7.45. The Hall–Kier alpha value is -4.71. The van der Waals surface area contributed by atoms with E-state index in [9.17, 15) is 33.6 Å². The highest BCUT2D eigenvalue weighted by molar-refractivity contribution is 7.80. The van der Waals surface area contributed by atoms with Crippen LogP contribution >= 0.6 is 12.6 Å². The number of carbonyl (C=O) groups is 7. The number of benzene rings is 1. The average Bonchev–Trinajstić information content (AvgIpc) is 3.06. The Morgan fingerprint density at radius 2 is 1.45 bits per heavy atom. The van der Waals surface area contributed by atoms with Gasteiger partial charge in [-0.05, 0) is 44.6 Å². The first-order chi connectivity index (χ1) is 23.3. The molecule has 1 aliphatic rings. The van der Waals surface area contributed by atoms with Crippen LogP contribution in [-0.2, 0) is 40.0 Å². The van der Waals surface area contributed by atoms with Crippen LogP contribution in [-0.4, -0.2) is 103 Å². The smallest absolute Gasteiger partial charge is 0.243 e. The van der Waals surface area contributed by atoms with Crippen LogP contribution in [0.5, 0.6) is 0 Å². The van der Waals surface area contributed by atoms with E-state index in [0.29, 0.717) is 18.4 Å². The standard InChI is InChI=1S/C31H48N10O7S/c1-18(42)14-23-29(47)41-24(15-19-8-3-2-4-9-19)30(48)40-22(10-5-6-12-35-26(44)20(32)17-49)28(46)39-21(11-7-13-36-31(33)34)27(45)37-16-25(43)38-23/h2-4,8-9,20-24,49H,5-7,10-17,32H2,1H3,(H,35,44)(H,37,45)(H,38,43)(H,39,46)(H,40,48)(H,41,47)(H4,33,34,36)/t20-,21+,22+,23+,24-/m1/s1. The summed E-state index contributed by atoms with van der Waals surface area (Å²) in [5.41, 5.74) is 17.2. The fraction of sp³-hybridized carbons (Fsp3) is 0.548. The molecule has 1 aliphatic heterocycles. The average molecular weight is 705 g/mol. The number of thiol groups is 1. The first kappa shape index (κ1) is 40.5. The Morgan fingerprint density at radius 1 is 0.857 bits per heavy atom. The Bertz CT molecular complexity index is 1340. The van der Waals surface area contributed by atoms with Gasteiger partial charge in [0, 0.05) is 31.7 Å². The zero-order valence-corrected chi connectivity index (χ0v) is 28.4. The topological polar surface area (TPSA) is 282 Å². The minimum Gasteiger partial charge on any atom is -0.370 e. The van der Waals surface area contributed by atoms with Gasteiger partial charge in [-0.3, -0.25) is 38.6 Å². The summed E-state index contributed by atoms with van der Waals surface area (Å²) < 4.78 is 0. The molecule has 1 aromatic rings. The van der Waals surface area contributed by atoms with E-state index in [0.717, 1.165) is 0 Å². The molecule has 0 spiro atoms. The molecule has 0 bridgehead atoms. The molecule has 1 saturated heterocycles. The number of hydrogen-bond donors (Lipinski definition) is 10. The lowest BCUT2D eigenvalue weighted by Crippen LogP contribution is -2.58. The van der Waals surface area contributed by atoms with Gasteiger partial charge in [0.2, 0.25) is 35.4 Å². The van der Waals surface area contributed by atoms with Gasteiger partial charge in [0.25, 0.3) is 0 Å². The quantitative estimate of drug-likeness (QED) is 0.0379. The maximum atomic E-state index is 13.8. The molecule has 2 rings (SSSR count). The number of aliphatic imine (C=N–C) groups is 1. The number of Topliss-reactive ketones (excluding diaryl/α,β-unsaturated/α-hetero) is 1. The molecule has 1 heterocycles. The predicted molar refractivity (Wildman–Crippen MR) is 185 cm³/mol. The van der Waals surface area contributed by atoms with E-state index in [1.165, 1.54) is 6.92 Å². The molecule has 18 heteroatoms. The van der Waals surface area contributed by atoms with Crippen LogP contribution in [0.4, 0.5) is 0 Å². The Morgan fingerprint density at radius 3 is 2.08 bits per heavy atom. The van der Waals surface area contributed by atoms with Gasteiger partial charge < -0.3 is 49.1 Å². The van der Waals surface area contributed by atoms with Crippen LogP contribution in [0.1, 0.15) is 51.0 Å². The van der Waals surface area contributed by atoms with Gasteiger partial charge in [-0.1, -0.05) is 30.3 Å². The van der Waals surface area contributed by atoms with Gasteiger partial charge in [-0.25, -0.2) is 0 Å². The molecule has 0 aromatic heterocycles. The normalized spacial score (nSPS) is 21.3. The van der Waals surface area contributed by atoms with Gasteiger partial charge in [-0.15, -0.1) is 0 Å². The molecule has 0 unspecified atom stereocenters. The summed E-state index contributed by atoms with van der Waals surface area (Å²) >= 11 is 4.01. The van der Waals surface area contributed by atoms with Crippen molar-refractivity contribution in [2.24, 2.45) is 22.2 Å². The fourth-order valence-electron chi connectivity index (χ4n) is 4.85. The number of guanidine groups is 1. The first-order valence-electron chi connectivity index (χ1n) is 16.0. The van der Waals surface area contributed by atoms with Crippen LogP contribution in [0.3, 0.4) is 0 Å². The molecule has 270 valence electrons. The van der Waals surface area contributed by atoms with Crippen LogP contribution < -0.4 is 49.1 Å². The van der Waals surface area contributed by atoms with E-state index in [-0.39, 0.29) is 62.8 Å². The molecule has 6 amide bonds. The van der Waals surface area contributed by atoms with Crippen molar-refractivity contribution >= 4 is 59.8 Å². The van der Waals surface area contributed by atoms with Crippen LogP contribution in [0.2, 0.25) is 0 Å². The van der Waals surface area contributed by atoms with Crippen molar-refractivity contribution in [2.75, 3.05) is 25.4 Å². The highest BCUT2D eigenvalue weighted by atomic mass is 32.1. The minimum absolute atomic E-state index is 0.0262. The summed E-state index contributed by atoms with van der Waals surface area (Å²) in [5.74, 6) is -4.41. The summed E-state index contributed by atoms with van der Waals surface area (Å²) in [6, 6.07) is 3.19. The van der Waals surface area contributed by atoms with Crippen LogP contribution in [0.25, 0.3) is 0 Å². The van der Waals surface area contributed by atoms with E-state index < -0.39 is 72.1 Å². The van der Waals surface area contributed by atoms with Gasteiger partial charge in [0.15, 0.2) is 5.96 Å². The van der Waals surface area contributed by atoms with E-state index in [4.69, 9.17) is 17.2 Å². The number of amides is 6. The van der Waals surface area contributed by atoms with E-state index in [1.54, 1.807) is 30.3 Å². The number of hydrogen-bond acceptors (Lipinski definition) is 10. The third-order valence-corrected chi connectivity index (χ3v) is 7.84. The lowest BCUT2D eigenvalue weighted by atomic mass is 10.0. The molecule has 0 radical (unpaired) electrons. The number of nitrogens with zero attached hydrogens (tertiary/aromatic N) is 1. The lowest BCUT2D eigenvalue weighted by Gasteiger charge is -2.26. The second-order valence-corrected chi connectivity index (χ2v) is 12.0. The van der Waals surface area contributed by atoms with Gasteiger partial charge in [-0.2, -0.15) is 12.6 Å². The van der Waals surface area contributed by atoms with E-state index >= 15 is 0 Å². The monoisotopic (exact) mass is 704 g/mol. The molecule has 12 N–H and O–H groups in total. The molecule has 1 fully saturated rings. The second-order valence-electron chi connectivity index (χ2n) is 11.6. The van der Waals surface area contributed by atoms with E-state index in [1.807, 2.05) is 0 Å². The molecule has 1 aromatic carbocycles. The first-order valence-corrected chi connectivity index (χ1v) is 16.6. The van der Waals surface area contributed by atoms with Crippen LogP contribution in [0, 0.1) is 0 Å². The van der Waals surface area contributed by atoms with Crippen molar-refractivity contribution in [3.8, 4) is 0 Å². The molecule has 0 aliphatic carbocycles. The highest BCUT2D eigenvalue weighted by Crippen LogP contribution is 2.09. The summed E-state index contributed by atoms with van der Waals surface area (Å²) in [6.45, 7) is 1.11. The molecular formula is C31H48N10O7S. The molecule has 49 heavy (non-hydrogen) atoms. The van der Waals surface area contributed by atoms with Crippen molar-refractivity contribution in [1.82, 2.24) is 31.9 Å². The summed E-state index contributed by atoms with van der Waals surface area (Å²) in [5, 5.41) is 15.6. The number of nitrogens with one attached hydrogen (secondary N) is 6. The van der Waals surface area contributed by atoms with Crippen LogP contribution in [0.15, 0.2) is 35.3 Å². The minimum atomic E-state index is -1.34. The number of unbranched alkanes of at least 4 members (excludes halogenated alkanes) is 1. The van der Waals surface area contributed by atoms with E-state index in [2.05, 4.69) is 49.5 Å². The van der Waals surface area contributed by atoms with Crippen molar-refractivity contribution in [3.05, 3.63) is 35.9 Å². The number of nitrogens with two attached hydrogens (primary N) is 3. The maximum absolute atomic E-state index is 13.8. The number of rotatable bonds is 15. The predicted octanol–water partition coefficient (Wildman–Crippen LogP) is -3.13. The zero-order valence-electron chi connectivity index (χ0n) is 27.5. The Kier molecular flexibility index (Phi) is 17.6. The molecule has 5 atom stereocenters. The fourth-order valence-corrected chi connectivity index (χ4v) is 5.01. The maximum Gasteiger partial charge on any atom is 0.243 e. The molecule has 0 saturated carbocycles. The van der Waals surface area contributed by atoms with Crippen molar-refractivity contribution in [1.29, 1.82) is 0 Å². The van der Waals surface area contributed by atoms with Gasteiger partial charge in [0.1, 0.15) is 30.0 Å². The summed E-state index contributed by atoms with van der Waals surface area (Å²) in [4.78, 5) is 94.8. The molecular weight excluding hydrogens is 656 g/mol. The zero-order chi connectivity index (χ0) is 36.3. The third kappa shape index (κ3) is 15.4. The van der Waals surface area contributed by atoms with Gasteiger partial charge in [0.05, 0.1) is 12.6 Å². The highest BCUT2D eigenvalue weighted by Gasteiger charge is 2.32. The SMILES string of the molecule is CC(=O)C[C@@H]1NC(=O)CNC(=O)[C@H](CCCN=C(N)N)NC(=O)[C@H](CCCCNC(=O)[C@H](N)CS)NC(=O)[C@@H](Cc2ccccc2)NC1=O. The summed E-state index contributed by atoms with van der Waals surface area (Å²) in [6.07, 6.45) is 0.925. The Balaban J connectivity index is 2.41. The molecule has 17 nitrogen and oxygen atoms in total. The lowest BCUT2D eigenvalue weighted by molar-refractivity contribution is -0.134. The Labute approximate surface area is 290 Å². The van der Waals surface area contributed by atoms with Crippen molar-refractivity contribution in [3.63, 3.8) is 0 Å². The van der Waals surface area contributed by atoms with Crippen molar-refractivity contribution < 1.29 is 33.6 Å². The summed E-state index contributed by atoms with van der Waals surface area (Å²) in [7, 11) is 0. The van der Waals surface area contributed by atoms with Gasteiger partial charge >= 0.3 is 0 Å². The largest absolute Gasteiger partial charge is 0.370 e.